The zero-order valence-corrected chi connectivity index (χ0v) is 30.7. The van der Waals surface area contributed by atoms with Gasteiger partial charge in [0.1, 0.15) is 5.75 Å². The molecule has 0 aliphatic rings. The second-order valence-corrected chi connectivity index (χ2v) is 15.9. The van der Waals surface area contributed by atoms with Crippen LogP contribution >= 0.6 is 7.92 Å². The molecule has 0 saturated heterocycles. The molecular formula is C44H49O3P. The summed E-state index contributed by atoms with van der Waals surface area (Å²) in [7, 11) is 0.259. The van der Waals surface area contributed by atoms with Crippen LogP contribution < -0.4 is 20.7 Å². The Morgan fingerprint density at radius 1 is 0.542 bits per heavy atom. The molecule has 0 fully saturated rings. The molecule has 0 aromatic heterocycles. The molecular weight excluding hydrogens is 607 g/mol. The van der Waals surface area contributed by atoms with Crippen LogP contribution in [0.2, 0.25) is 0 Å². The highest BCUT2D eigenvalue weighted by atomic mass is 31.1. The maximum absolute atomic E-state index is 13.0. The number of carbonyl (C=O) groups is 1. The van der Waals surface area contributed by atoms with Gasteiger partial charge in [-0.05, 0) is 93.5 Å². The summed E-state index contributed by atoms with van der Waals surface area (Å²) >= 11 is 0. The van der Waals surface area contributed by atoms with E-state index in [2.05, 4.69) is 116 Å². The van der Waals surface area contributed by atoms with Gasteiger partial charge in [-0.2, -0.15) is 0 Å². The average molecular weight is 657 g/mol. The summed E-state index contributed by atoms with van der Waals surface area (Å²) in [4.78, 5) is 13.0. The predicted molar refractivity (Wildman–Crippen MR) is 206 cm³/mol. The lowest BCUT2D eigenvalue weighted by atomic mass is 9.82. The third kappa shape index (κ3) is 6.71. The molecule has 5 aromatic carbocycles. The molecule has 5 aromatic rings. The third-order valence-corrected chi connectivity index (χ3v) is 11.9. The maximum atomic E-state index is 13.0. The zero-order chi connectivity index (χ0) is 34.7. The molecule has 5 rings (SSSR count). The first kappa shape index (κ1) is 35.1. The number of carboxylic acids is 1. The van der Waals surface area contributed by atoms with Gasteiger partial charge in [0.15, 0.2) is 0 Å². The van der Waals surface area contributed by atoms with E-state index in [1.54, 1.807) is 13.2 Å². The third-order valence-electron chi connectivity index (χ3n) is 9.25. The quantitative estimate of drug-likeness (QED) is 0.144. The molecule has 0 heterocycles. The van der Waals surface area contributed by atoms with Gasteiger partial charge in [0, 0.05) is 10.6 Å². The van der Waals surface area contributed by atoms with Crippen molar-refractivity contribution < 1.29 is 14.6 Å². The van der Waals surface area contributed by atoms with E-state index in [0.717, 1.165) is 32.8 Å². The maximum Gasteiger partial charge on any atom is 0.336 e. The predicted octanol–water partition coefficient (Wildman–Crippen LogP) is 11.0. The van der Waals surface area contributed by atoms with E-state index in [-0.39, 0.29) is 23.7 Å². The second kappa shape index (κ2) is 14.9. The lowest BCUT2D eigenvalue weighted by Crippen LogP contribution is -2.29. The molecule has 0 amide bonds. The average Bonchev–Trinajstić information content (AvgIpc) is 3.08. The molecule has 1 N–H and O–H groups in total. The Morgan fingerprint density at radius 2 is 0.938 bits per heavy atom. The summed E-state index contributed by atoms with van der Waals surface area (Å²) in [6.45, 7) is 18.1. The number of para-hydroxylation sites is 1. The number of benzene rings is 5. The van der Waals surface area contributed by atoms with Crippen LogP contribution in [0.1, 0.15) is 112 Å². The van der Waals surface area contributed by atoms with Gasteiger partial charge in [-0.1, -0.05) is 146 Å². The molecule has 1 atom stereocenters. The van der Waals surface area contributed by atoms with Crippen molar-refractivity contribution in [1.29, 1.82) is 0 Å². The molecule has 0 radical (unpaired) electrons. The number of methoxy groups -OCH3 is 1. The first-order valence-electron chi connectivity index (χ1n) is 17.1. The molecule has 0 aliphatic heterocycles. The summed E-state index contributed by atoms with van der Waals surface area (Å²) < 4.78 is 6.08. The summed E-state index contributed by atoms with van der Waals surface area (Å²) in [6.07, 6.45) is 0. The van der Waals surface area contributed by atoms with Crippen molar-refractivity contribution in [2.75, 3.05) is 7.11 Å². The van der Waals surface area contributed by atoms with Crippen molar-refractivity contribution in [3.8, 4) is 28.0 Å². The van der Waals surface area contributed by atoms with Crippen LogP contribution in [0, 0.1) is 0 Å². The Hall–Kier alpha value is -4.20. The topological polar surface area (TPSA) is 46.5 Å². The summed E-state index contributed by atoms with van der Waals surface area (Å²) in [5.74, 6) is 0.970. The van der Waals surface area contributed by atoms with Crippen molar-refractivity contribution in [2.45, 2.75) is 79.1 Å². The minimum absolute atomic E-state index is 0.285. The number of hydrogen-bond donors (Lipinski definition) is 1. The van der Waals surface area contributed by atoms with Gasteiger partial charge in [0.05, 0.1) is 12.7 Å². The van der Waals surface area contributed by atoms with Gasteiger partial charge >= 0.3 is 5.97 Å². The van der Waals surface area contributed by atoms with Crippen molar-refractivity contribution >= 4 is 29.8 Å². The fourth-order valence-corrected chi connectivity index (χ4v) is 9.81. The molecule has 0 aliphatic carbocycles. The van der Waals surface area contributed by atoms with Crippen LogP contribution in [0.5, 0.6) is 5.75 Å². The molecule has 48 heavy (non-hydrogen) atoms. The fourth-order valence-electron chi connectivity index (χ4n) is 6.95. The number of hydrogen-bond acceptors (Lipinski definition) is 2. The lowest BCUT2D eigenvalue weighted by molar-refractivity contribution is 0.0698. The highest BCUT2D eigenvalue weighted by Gasteiger charge is 2.32. The van der Waals surface area contributed by atoms with Crippen molar-refractivity contribution in [3.63, 3.8) is 0 Å². The van der Waals surface area contributed by atoms with Gasteiger partial charge in [-0.25, -0.2) is 4.79 Å². The highest BCUT2D eigenvalue weighted by Crippen LogP contribution is 2.48. The van der Waals surface area contributed by atoms with E-state index >= 15 is 0 Å². The molecule has 4 heteroatoms. The molecule has 248 valence electrons. The van der Waals surface area contributed by atoms with E-state index in [4.69, 9.17) is 4.74 Å². The first-order chi connectivity index (χ1) is 23.0. The minimum atomic E-state index is -1.45. The molecule has 0 bridgehead atoms. The standard InChI is InChI=1S/C44H49O3P/c1-27(2)31-18-14-19-32(28(3)4)41(31)36-22-16-23-37(42-33(29(5)6)20-15-21-34(42)30(7)8)43(36)48(40-26-13-11-24-38(40)47-9)39-25-12-10-17-35(39)44(45)46/h10-30H,1-9H3,(H,45,46). The normalized spacial score (nSPS) is 12.3. The van der Waals surface area contributed by atoms with E-state index < -0.39 is 13.9 Å². The van der Waals surface area contributed by atoms with Gasteiger partial charge < -0.3 is 9.84 Å². The second-order valence-electron chi connectivity index (χ2n) is 13.8. The van der Waals surface area contributed by atoms with Crippen molar-refractivity contribution in [1.82, 2.24) is 0 Å². The van der Waals surface area contributed by atoms with Crippen molar-refractivity contribution in [2.24, 2.45) is 0 Å². The zero-order valence-electron chi connectivity index (χ0n) is 29.8. The van der Waals surface area contributed by atoms with Gasteiger partial charge in [0.25, 0.3) is 0 Å². The molecule has 1 unspecified atom stereocenters. The number of aromatic carboxylic acids is 1. The van der Waals surface area contributed by atoms with E-state index in [0.29, 0.717) is 5.56 Å². The Morgan fingerprint density at radius 3 is 1.35 bits per heavy atom. The molecule has 0 spiro atoms. The van der Waals surface area contributed by atoms with Crippen LogP contribution in [-0.2, 0) is 0 Å². The van der Waals surface area contributed by atoms with E-state index in [1.807, 2.05) is 36.4 Å². The van der Waals surface area contributed by atoms with Crippen LogP contribution in [0.3, 0.4) is 0 Å². The Kier molecular flexibility index (Phi) is 10.9. The SMILES string of the molecule is COc1ccccc1P(c1ccccc1C(=O)O)c1c(-c2c(C(C)C)cccc2C(C)C)cccc1-c1c(C(C)C)cccc1C(C)C. The molecule has 3 nitrogen and oxygen atoms in total. The van der Waals surface area contributed by atoms with Crippen LogP contribution in [0.15, 0.2) is 103 Å². The fraction of sp³-hybridized carbons (Fsp3) is 0.295. The Bertz CT molecular complexity index is 1780. The lowest BCUT2D eigenvalue weighted by Gasteiger charge is -2.31. The number of carboxylic acid groups (broad SMARTS) is 1. The Labute approximate surface area is 288 Å². The smallest absolute Gasteiger partial charge is 0.336 e. The van der Waals surface area contributed by atoms with Gasteiger partial charge in [-0.3, -0.25) is 0 Å². The number of ether oxygens (including phenoxy) is 1. The van der Waals surface area contributed by atoms with Crippen LogP contribution in [0.25, 0.3) is 22.3 Å². The van der Waals surface area contributed by atoms with E-state index in [1.165, 1.54) is 33.4 Å². The first-order valence-corrected chi connectivity index (χ1v) is 18.5. The number of rotatable bonds is 11. The summed E-state index contributed by atoms with van der Waals surface area (Å²) in [5, 5.41) is 13.6. The largest absolute Gasteiger partial charge is 0.496 e. The van der Waals surface area contributed by atoms with Crippen molar-refractivity contribution in [3.05, 3.63) is 131 Å². The van der Waals surface area contributed by atoms with E-state index in [9.17, 15) is 9.90 Å². The monoisotopic (exact) mass is 656 g/mol. The van der Waals surface area contributed by atoms with Gasteiger partial charge in [-0.15, -0.1) is 0 Å². The Balaban J connectivity index is 2.10. The summed E-state index contributed by atoms with van der Waals surface area (Å²) in [6, 6.07) is 35.9. The highest BCUT2D eigenvalue weighted by molar-refractivity contribution is 7.80. The molecule has 0 saturated carbocycles. The van der Waals surface area contributed by atoms with Crippen LogP contribution in [0.4, 0.5) is 0 Å². The van der Waals surface area contributed by atoms with Crippen LogP contribution in [-0.4, -0.2) is 18.2 Å². The van der Waals surface area contributed by atoms with Gasteiger partial charge in [0.2, 0.25) is 0 Å². The summed E-state index contributed by atoms with van der Waals surface area (Å²) in [5.41, 5.74) is 10.3. The minimum Gasteiger partial charge on any atom is -0.496 e.